The Hall–Kier alpha value is -2.48. The zero-order valence-corrected chi connectivity index (χ0v) is 22.2. The zero-order valence-electron chi connectivity index (χ0n) is 20.6. The van der Waals surface area contributed by atoms with Gasteiger partial charge in [-0.25, -0.2) is 4.99 Å². The summed E-state index contributed by atoms with van der Waals surface area (Å²) in [6, 6.07) is 16.5. The number of benzene rings is 2. The van der Waals surface area contributed by atoms with E-state index >= 15 is 0 Å². The van der Waals surface area contributed by atoms with E-state index in [4.69, 9.17) is 28.8 Å². The molecule has 0 bridgehead atoms. The Kier molecular flexibility index (Phi) is 8.42. The molecule has 186 valence electrons. The van der Waals surface area contributed by atoms with Gasteiger partial charge in [-0.05, 0) is 70.1 Å². The third-order valence-electron chi connectivity index (χ3n) is 6.81. The number of hydrogen-bond donors (Lipinski definition) is 2. The number of rotatable bonds is 6. The molecule has 0 radical (unpaired) electrons. The van der Waals surface area contributed by atoms with E-state index < -0.39 is 6.17 Å². The standard InChI is InChI=1S/C27H34ClN5OS/c1-18(2)33-16-8-7-11-21(33)14-15-29-27(35)31-25-26(34)32(3)23-13-12-20(28)17-22(23)24(30-25)19-9-5-4-6-10-19/h4-6,9-10,12-13,17-18,21,25H,7-8,11,14-16H2,1-3H3,(H2,29,31,35). The van der Waals surface area contributed by atoms with E-state index in [1.54, 1.807) is 18.0 Å². The summed E-state index contributed by atoms with van der Waals surface area (Å²) >= 11 is 11.9. The van der Waals surface area contributed by atoms with Crippen LogP contribution in [0.4, 0.5) is 5.69 Å². The first kappa shape index (κ1) is 25.6. The summed E-state index contributed by atoms with van der Waals surface area (Å²) in [6.07, 6.45) is 3.94. The predicted octanol–water partition coefficient (Wildman–Crippen LogP) is 4.60. The highest BCUT2D eigenvalue weighted by atomic mass is 35.5. The van der Waals surface area contributed by atoms with E-state index in [2.05, 4.69) is 29.4 Å². The Morgan fingerprint density at radius 3 is 2.71 bits per heavy atom. The van der Waals surface area contributed by atoms with Crippen molar-refractivity contribution in [1.29, 1.82) is 0 Å². The van der Waals surface area contributed by atoms with Crippen molar-refractivity contribution in [3.63, 3.8) is 0 Å². The first-order valence-corrected chi connectivity index (χ1v) is 13.1. The Morgan fingerprint density at radius 1 is 1.20 bits per heavy atom. The number of fused-ring (bicyclic) bond motifs is 1. The summed E-state index contributed by atoms with van der Waals surface area (Å²) in [5, 5.41) is 7.49. The molecule has 0 saturated carbocycles. The van der Waals surface area contributed by atoms with Crippen LogP contribution in [0.5, 0.6) is 0 Å². The lowest BCUT2D eigenvalue weighted by Crippen LogP contribution is -2.50. The molecule has 1 fully saturated rings. The van der Waals surface area contributed by atoms with Gasteiger partial charge in [0.05, 0.1) is 11.4 Å². The van der Waals surface area contributed by atoms with Crippen molar-refractivity contribution < 1.29 is 4.79 Å². The third kappa shape index (κ3) is 6.02. The van der Waals surface area contributed by atoms with E-state index in [0.717, 1.165) is 36.3 Å². The minimum Gasteiger partial charge on any atom is -0.363 e. The minimum absolute atomic E-state index is 0.179. The lowest BCUT2D eigenvalue weighted by atomic mass is 9.98. The summed E-state index contributed by atoms with van der Waals surface area (Å²) < 4.78 is 0. The van der Waals surface area contributed by atoms with E-state index in [1.807, 2.05) is 42.5 Å². The molecule has 4 rings (SSSR count). The van der Waals surface area contributed by atoms with Crippen LogP contribution in [0.2, 0.25) is 5.02 Å². The molecule has 2 atom stereocenters. The maximum atomic E-state index is 13.4. The summed E-state index contributed by atoms with van der Waals surface area (Å²) in [4.78, 5) is 22.4. The normalized spacial score (nSPS) is 20.8. The number of likely N-dealkylation sites (tertiary alicyclic amines) is 1. The van der Waals surface area contributed by atoms with Crippen molar-refractivity contribution in [2.75, 3.05) is 25.0 Å². The van der Waals surface area contributed by atoms with Crippen LogP contribution < -0.4 is 15.5 Å². The molecule has 0 aliphatic carbocycles. The topological polar surface area (TPSA) is 60.0 Å². The van der Waals surface area contributed by atoms with Crippen LogP contribution in [0.25, 0.3) is 0 Å². The second-order valence-electron chi connectivity index (χ2n) is 9.48. The van der Waals surface area contributed by atoms with Gasteiger partial charge in [0, 0.05) is 41.8 Å². The molecule has 1 saturated heterocycles. The fourth-order valence-electron chi connectivity index (χ4n) is 5.01. The summed E-state index contributed by atoms with van der Waals surface area (Å²) in [7, 11) is 1.76. The van der Waals surface area contributed by atoms with Gasteiger partial charge in [0.1, 0.15) is 0 Å². The van der Waals surface area contributed by atoms with Crippen molar-refractivity contribution in [2.24, 2.45) is 4.99 Å². The molecule has 1 amide bonds. The second-order valence-corrected chi connectivity index (χ2v) is 10.3. The summed E-state index contributed by atoms with van der Waals surface area (Å²) in [5.74, 6) is -0.179. The van der Waals surface area contributed by atoms with Gasteiger partial charge in [0.2, 0.25) is 6.17 Å². The number of thiocarbonyl (C=S) groups is 1. The van der Waals surface area contributed by atoms with Crippen LogP contribution in [0.15, 0.2) is 53.5 Å². The average Bonchev–Trinajstić information content (AvgIpc) is 2.95. The number of aliphatic imine (C=N–C) groups is 1. The van der Waals surface area contributed by atoms with Crippen LogP contribution in [0.3, 0.4) is 0 Å². The molecule has 2 aromatic rings. The Labute approximate surface area is 218 Å². The van der Waals surface area contributed by atoms with Gasteiger partial charge in [0.15, 0.2) is 5.11 Å². The van der Waals surface area contributed by atoms with Gasteiger partial charge in [0.25, 0.3) is 5.91 Å². The van der Waals surface area contributed by atoms with Gasteiger partial charge in [-0.1, -0.05) is 48.4 Å². The van der Waals surface area contributed by atoms with Crippen LogP contribution in [-0.2, 0) is 4.79 Å². The molecule has 35 heavy (non-hydrogen) atoms. The molecule has 2 unspecified atom stereocenters. The number of likely N-dealkylation sites (N-methyl/N-ethyl adjacent to an activating group) is 1. The number of nitrogens with one attached hydrogen (secondary N) is 2. The molecule has 2 aromatic carbocycles. The maximum Gasteiger partial charge on any atom is 0.272 e. The first-order chi connectivity index (χ1) is 16.8. The number of carbonyl (C=O) groups is 1. The maximum absolute atomic E-state index is 13.4. The largest absolute Gasteiger partial charge is 0.363 e. The van der Waals surface area contributed by atoms with Crippen molar-refractivity contribution in [2.45, 2.75) is 57.8 Å². The minimum atomic E-state index is -0.844. The molecule has 2 N–H and O–H groups in total. The quantitative estimate of drug-likeness (QED) is 0.555. The van der Waals surface area contributed by atoms with Gasteiger partial charge in [-0.15, -0.1) is 0 Å². The molecule has 2 aliphatic rings. The number of halogens is 1. The number of carbonyl (C=O) groups excluding carboxylic acids is 1. The number of amides is 1. The first-order valence-electron chi connectivity index (χ1n) is 12.4. The lowest BCUT2D eigenvalue weighted by molar-refractivity contribution is -0.119. The smallest absolute Gasteiger partial charge is 0.272 e. The molecule has 2 aliphatic heterocycles. The molecule has 6 nitrogen and oxygen atoms in total. The fraction of sp³-hybridized carbons (Fsp3) is 0.444. The van der Waals surface area contributed by atoms with Gasteiger partial charge < -0.3 is 15.5 Å². The molecular weight excluding hydrogens is 478 g/mol. The summed E-state index contributed by atoms with van der Waals surface area (Å²) in [5.41, 5.74) is 3.19. The Balaban J connectivity index is 1.50. The van der Waals surface area contributed by atoms with E-state index in [9.17, 15) is 4.79 Å². The van der Waals surface area contributed by atoms with Crippen LogP contribution in [0.1, 0.15) is 50.7 Å². The van der Waals surface area contributed by atoms with E-state index in [0.29, 0.717) is 27.9 Å². The van der Waals surface area contributed by atoms with Crippen molar-refractivity contribution >= 4 is 46.2 Å². The predicted molar refractivity (Wildman–Crippen MR) is 149 cm³/mol. The number of anilines is 1. The number of benzodiazepines with no additional fused rings is 1. The van der Waals surface area contributed by atoms with E-state index in [1.165, 1.54) is 19.3 Å². The lowest BCUT2D eigenvalue weighted by Gasteiger charge is -2.38. The van der Waals surface area contributed by atoms with Gasteiger partial charge in [-0.2, -0.15) is 0 Å². The molecule has 0 aromatic heterocycles. The number of nitrogens with zero attached hydrogens (tertiary/aromatic N) is 3. The van der Waals surface area contributed by atoms with Crippen molar-refractivity contribution in [3.8, 4) is 0 Å². The Morgan fingerprint density at radius 2 is 1.97 bits per heavy atom. The summed E-state index contributed by atoms with van der Waals surface area (Å²) in [6.45, 7) is 6.44. The Bertz CT molecular complexity index is 1090. The second kappa shape index (κ2) is 11.5. The third-order valence-corrected chi connectivity index (χ3v) is 7.31. The SMILES string of the molecule is CC(C)N1CCCCC1CCNC(=S)NC1N=C(c2ccccc2)c2cc(Cl)ccc2N(C)C1=O. The van der Waals surface area contributed by atoms with Crippen molar-refractivity contribution in [1.82, 2.24) is 15.5 Å². The molecule has 8 heteroatoms. The fourth-order valence-corrected chi connectivity index (χ4v) is 5.39. The highest BCUT2D eigenvalue weighted by molar-refractivity contribution is 7.80. The zero-order chi connectivity index (χ0) is 24.9. The highest BCUT2D eigenvalue weighted by Gasteiger charge is 2.31. The van der Waals surface area contributed by atoms with Crippen molar-refractivity contribution in [3.05, 3.63) is 64.7 Å². The molecular formula is C27H34ClN5OS. The van der Waals surface area contributed by atoms with Crippen LogP contribution in [0, 0.1) is 0 Å². The number of piperidine rings is 1. The monoisotopic (exact) mass is 511 g/mol. The number of hydrogen-bond acceptors (Lipinski definition) is 4. The van der Waals surface area contributed by atoms with E-state index in [-0.39, 0.29) is 5.91 Å². The average molecular weight is 512 g/mol. The molecule has 2 heterocycles. The molecule has 0 spiro atoms. The van der Waals surface area contributed by atoms with Gasteiger partial charge >= 0.3 is 0 Å². The highest BCUT2D eigenvalue weighted by Crippen LogP contribution is 2.30. The van der Waals surface area contributed by atoms with Crippen LogP contribution in [-0.4, -0.2) is 60.0 Å². The van der Waals surface area contributed by atoms with Crippen LogP contribution >= 0.6 is 23.8 Å². The van der Waals surface area contributed by atoms with Gasteiger partial charge in [-0.3, -0.25) is 9.69 Å².